The van der Waals surface area contributed by atoms with Gasteiger partial charge in [0.1, 0.15) is 17.1 Å². The van der Waals surface area contributed by atoms with Crippen LogP contribution in [-0.2, 0) is 9.53 Å². The number of aromatic nitrogens is 2. The summed E-state index contributed by atoms with van der Waals surface area (Å²) >= 11 is 1.27. The second kappa shape index (κ2) is 10.8. The fourth-order valence-electron chi connectivity index (χ4n) is 2.09. The lowest BCUT2D eigenvalue weighted by Crippen LogP contribution is -2.38. The van der Waals surface area contributed by atoms with Crippen LogP contribution in [0.1, 0.15) is 27.6 Å². The van der Waals surface area contributed by atoms with Gasteiger partial charge in [0, 0.05) is 18.0 Å². The van der Waals surface area contributed by atoms with Crippen LogP contribution in [0.2, 0.25) is 0 Å². The van der Waals surface area contributed by atoms with E-state index in [9.17, 15) is 14.4 Å². The van der Waals surface area contributed by atoms with Gasteiger partial charge in [-0.15, -0.1) is 0 Å². The molecular weight excluding hydrogens is 396 g/mol. The molecule has 2 rings (SSSR count). The number of rotatable bonds is 8. The molecule has 5 N–H and O–H groups in total. The molecule has 0 aliphatic rings. The van der Waals surface area contributed by atoms with E-state index in [-0.39, 0.29) is 23.7 Å². The van der Waals surface area contributed by atoms with Gasteiger partial charge in [-0.3, -0.25) is 15.0 Å². The van der Waals surface area contributed by atoms with Crippen molar-refractivity contribution >= 4 is 35.4 Å². The molecule has 11 heteroatoms. The second-order valence-electron chi connectivity index (χ2n) is 5.34. The van der Waals surface area contributed by atoms with Crippen molar-refractivity contribution in [2.24, 2.45) is 5.84 Å². The number of amides is 2. The van der Waals surface area contributed by atoms with Gasteiger partial charge >= 0.3 is 5.97 Å². The average Bonchev–Trinajstić information content (AvgIpc) is 2.76. The molecule has 10 nitrogen and oxygen atoms in total. The lowest BCUT2D eigenvalue weighted by molar-refractivity contribution is -0.117. The quantitative estimate of drug-likeness (QED) is 0.0942. The standard InChI is InChI=1S/C18H20N6O4S/c1-3-28-17(27)12-9-21-18(29-2)23-14(12)20-10-13(16(26)24-19)22-15(25)11-7-5-4-6-8-11/h4-10H,3,19H2,1-2H3,(H,22,25)(H,24,26)(H,20,21,23)/b13-10-. The smallest absolute Gasteiger partial charge is 0.343 e. The molecule has 152 valence electrons. The Balaban J connectivity index is 2.31. The van der Waals surface area contributed by atoms with Crippen LogP contribution >= 0.6 is 11.8 Å². The summed E-state index contributed by atoms with van der Waals surface area (Å²) < 4.78 is 4.98. The van der Waals surface area contributed by atoms with Crippen molar-refractivity contribution in [3.63, 3.8) is 0 Å². The summed E-state index contributed by atoms with van der Waals surface area (Å²) in [6.45, 7) is 1.84. The van der Waals surface area contributed by atoms with Crippen LogP contribution < -0.4 is 21.9 Å². The number of carbonyl (C=O) groups excluding carboxylic acids is 3. The number of benzene rings is 1. The lowest BCUT2D eigenvalue weighted by Gasteiger charge is -2.11. The third-order valence-corrected chi connectivity index (χ3v) is 4.02. The number of ether oxygens (including phenoxy) is 1. The summed E-state index contributed by atoms with van der Waals surface area (Å²) in [5.74, 6) is 3.41. The van der Waals surface area contributed by atoms with Gasteiger partial charge in [-0.25, -0.2) is 20.6 Å². The zero-order valence-corrected chi connectivity index (χ0v) is 16.6. The van der Waals surface area contributed by atoms with E-state index in [0.29, 0.717) is 10.7 Å². The van der Waals surface area contributed by atoms with E-state index < -0.39 is 17.8 Å². The van der Waals surface area contributed by atoms with E-state index in [1.54, 1.807) is 43.5 Å². The molecule has 0 bridgehead atoms. The van der Waals surface area contributed by atoms with Gasteiger partial charge in [0.15, 0.2) is 5.16 Å². The summed E-state index contributed by atoms with van der Waals surface area (Å²) in [4.78, 5) is 44.8. The monoisotopic (exact) mass is 416 g/mol. The number of anilines is 1. The van der Waals surface area contributed by atoms with Gasteiger partial charge in [0.2, 0.25) is 0 Å². The van der Waals surface area contributed by atoms with E-state index >= 15 is 0 Å². The van der Waals surface area contributed by atoms with Crippen molar-refractivity contribution in [2.75, 3.05) is 18.2 Å². The normalized spacial score (nSPS) is 10.8. The fourth-order valence-corrected chi connectivity index (χ4v) is 2.43. The molecule has 0 saturated heterocycles. The van der Waals surface area contributed by atoms with Crippen LogP contribution in [0.15, 0.2) is 53.6 Å². The summed E-state index contributed by atoms with van der Waals surface area (Å²) in [6, 6.07) is 8.33. The Hall–Kier alpha value is -3.44. The lowest BCUT2D eigenvalue weighted by atomic mass is 10.2. The zero-order valence-electron chi connectivity index (χ0n) is 15.8. The number of thioether (sulfide) groups is 1. The fraction of sp³-hybridized carbons (Fsp3) is 0.167. The molecule has 1 aromatic heterocycles. The van der Waals surface area contributed by atoms with Crippen LogP contribution in [0.4, 0.5) is 5.82 Å². The predicted molar refractivity (Wildman–Crippen MR) is 108 cm³/mol. The molecule has 0 fully saturated rings. The second-order valence-corrected chi connectivity index (χ2v) is 6.11. The molecule has 29 heavy (non-hydrogen) atoms. The number of hydrogen-bond donors (Lipinski definition) is 4. The van der Waals surface area contributed by atoms with Crippen molar-refractivity contribution in [3.8, 4) is 0 Å². The minimum absolute atomic E-state index is 0.0720. The van der Waals surface area contributed by atoms with Crippen molar-refractivity contribution in [3.05, 3.63) is 59.6 Å². The molecule has 0 saturated carbocycles. The van der Waals surface area contributed by atoms with Gasteiger partial charge in [-0.2, -0.15) is 0 Å². The maximum atomic E-state index is 12.3. The van der Waals surface area contributed by atoms with E-state index in [0.717, 1.165) is 0 Å². The van der Waals surface area contributed by atoms with E-state index in [4.69, 9.17) is 10.6 Å². The van der Waals surface area contributed by atoms with Crippen molar-refractivity contribution in [1.82, 2.24) is 20.7 Å². The highest BCUT2D eigenvalue weighted by atomic mass is 32.2. The summed E-state index contributed by atoms with van der Waals surface area (Å²) in [7, 11) is 0. The van der Waals surface area contributed by atoms with Crippen LogP contribution in [0.3, 0.4) is 0 Å². The molecule has 2 amide bonds. The number of carbonyl (C=O) groups is 3. The van der Waals surface area contributed by atoms with Crippen LogP contribution in [0.5, 0.6) is 0 Å². The summed E-state index contributed by atoms with van der Waals surface area (Å²) in [5.41, 5.74) is 2.19. The van der Waals surface area contributed by atoms with E-state index in [1.807, 2.05) is 5.43 Å². The molecule has 1 aromatic carbocycles. The number of nitrogens with zero attached hydrogens (tertiary/aromatic N) is 2. The number of nitrogens with one attached hydrogen (secondary N) is 3. The first kappa shape index (κ1) is 21.9. The van der Waals surface area contributed by atoms with Gasteiger partial charge in [-0.05, 0) is 25.3 Å². The highest BCUT2D eigenvalue weighted by Crippen LogP contribution is 2.18. The molecule has 0 spiro atoms. The molecule has 0 unspecified atom stereocenters. The molecule has 0 aliphatic heterocycles. The van der Waals surface area contributed by atoms with Gasteiger partial charge < -0.3 is 15.4 Å². The van der Waals surface area contributed by atoms with Crippen LogP contribution in [0.25, 0.3) is 0 Å². The Kier molecular flexibility index (Phi) is 8.12. The summed E-state index contributed by atoms with van der Waals surface area (Å²) in [5, 5.41) is 5.60. The minimum Gasteiger partial charge on any atom is -0.462 e. The Bertz CT molecular complexity index is 920. The molecular formula is C18H20N6O4S. The first-order chi connectivity index (χ1) is 14.0. The van der Waals surface area contributed by atoms with Crippen molar-refractivity contribution in [1.29, 1.82) is 0 Å². The Morgan fingerprint density at radius 3 is 2.59 bits per heavy atom. The van der Waals surface area contributed by atoms with Crippen molar-refractivity contribution < 1.29 is 19.1 Å². The third-order valence-electron chi connectivity index (χ3n) is 3.46. The highest BCUT2D eigenvalue weighted by molar-refractivity contribution is 7.98. The van der Waals surface area contributed by atoms with Crippen molar-refractivity contribution in [2.45, 2.75) is 12.1 Å². The van der Waals surface area contributed by atoms with Gasteiger partial charge in [0.05, 0.1) is 6.61 Å². The number of esters is 1. The zero-order chi connectivity index (χ0) is 21.2. The molecule has 0 aliphatic carbocycles. The van der Waals surface area contributed by atoms with Crippen LogP contribution in [0, 0.1) is 0 Å². The van der Waals surface area contributed by atoms with Gasteiger partial charge in [-0.1, -0.05) is 30.0 Å². The summed E-state index contributed by atoms with van der Waals surface area (Å²) in [6.07, 6.45) is 4.27. The topological polar surface area (TPSA) is 148 Å². The third kappa shape index (κ3) is 6.02. The number of nitrogens with two attached hydrogens (primary N) is 1. The molecule has 1 heterocycles. The Morgan fingerprint density at radius 2 is 1.97 bits per heavy atom. The molecule has 2 aromatic rings. The number of hydrazine groups is 1. The number of hydrogen-bond acceptors (Lipinski definition) is 9. The first-order valence-electron chi connectivity index (χ1n) is 8.42. The SMILES string of the molecule is CCOC(=O)c1cnc(SC)nc1N/C=C(\NC(=O)c1ccccc1)C(=O)NN. The average molecular weight is 416 g/mol. The first-order valence-corrected chi connectivity index (χ1v) is 9.64. The Morgan fingerprint density at radius 1 is 1.24 bits per heavy atom. The Labute approximate surface area is 171 Å². The maximum Gasteiger partial charge on any atom is 0.343 e. The molecule has 0 atom stereocenters. The molecule has 0 radical (unpaired) electrons. The van der Waals surface area contributed by atoms with E-state index in [1.165, 1.54) is 24.2 Å². The maximum absolute atomic E-state index is 12.3. The predicted octanol–water partition coefficient (Wildman–Crippen LogP) is 1.05. The largest absolute Gasteiger partial charge is 0.462 e. The van der Waals surface area contributed by atoms with Crippen LogP contribution in [-0.4, -0.2) is 40.6 Å². The van der Waals surface area contributed by atoms with Gasteiger partial charge in [0.25, 0.3) is 11.8 Å². The minimum atomic E-state index is -0.751. The highest BCUT2D eigenvalue weighted by Gasteiger charge is 2.17. The van der Waals surface area contributed by atoms with E-state index in [2.05, 4.69) is 20.6 Å².